The zero-order valence-electron chi connectivity index (χ0n) is 8.48. The van der Waals surface area contributed by atoms with Crippen LogP contribution >= 0.6 is 0 Å². The monoisotopic (exact) mass is 222 g/mol. The number of hydrogen-bond donors (Lipinski definition) is 2. The zero-order chi connectivity index (χ0) is 11.5. The number of H-pyrrole nitrogens is 1. The van der Waals surface area contributed by atoms with Gasteiger partial charge in [-0.15, -0.1) is 0 Å². The predicted molar refractivity (Wildman–Crippen MR) is 56.9 cm³/mol. The molecule has 0 unspecified atom stereocenters. The van der Waals surface area contributed by atoms with Gasteiger partial charge in [0.2, 0.25) is 0 Å². The van der Waals surface area contributed by atoms with Gasteiger partial charge in [-0.3, -0.25) is 0 Å². The number of aromatic nitrogens is 3. The van der Waals surface area contributed by atoms with Crippen LogP contribution in [0.15, 0.2) is 29.1 Å². The molecule has 0 saturated carbocycles. The van der Waals surface area contributed by atoms with E-state index in [-0.39, 0.29) is 11.5 Å². The molecule has 0 amide bonds. The highest BCUT2D eigenvalue weighted by Gasteiger charge is 2.09. The van der Waals surface area contributed by atoms with Gasteiger partial charge in [0.1, 0.15) is 11.6 Å². The second-order valence-electron chi connectivity index (χ2n) is 3.30. The molecule has 0 radical (unpaired) electrons. The van der Waals surface area contributed by atoms with Gasteiger partial charge in [0.15, 0.2) is 0 Å². The van der Waals surface area contributed by atoms with Crippen molar-refractivity contribution >= 4 is 0 Å². The molecule has 1 aromatic heterocycles. The van der Waals surface area contributed by atoms with Crippen molar-refractivity contribution in [1.82, 2.24) is 14.8 Å². The molecular formula is C10H11FN4O. The predicted octanol–water partition coefficient (Wildman–Crippen LogP) is 0.201. The number of nitrogens with one attached hydrogen (secondary N) is 1. The lowest BCUT2D eigenvalue weighted by atomic mass is 10.3. The molecule has 0 aliphatic carbocycles. The molecule has 0 aliphatic heterocycles. The minimum absolute atomic E-state index is 0.347. The van der Waals surface area contributed by atoms with Gasteiger partial charge in [-0.1, -0.05) is 0 Å². The maximum atomic E-state index is 12.7. The first-order valence-corrected chi connectivity index (χ1v) is 4.84. The maximum absolute atomic E-state index is 12.7. The number of benzene rings is 1. The fraction of sp³-hybridized carbons (Fsp3) is 0.200. The minimum Gasteiger partial charge on any atom is -0.330 e. The minimum atomic E-state index is -0.352. The van der Waals surface area contributed by atoms with Crippen LogP contribution < -0.4 is 11.4 Å². The van der Waals surface area contributed by atoms with E-state index in [1.54, 1.807) is 0 Å². The quantitative estimate of drug-likeness (QED) is 0.778. The number of halogens is 1. The fourth-order valence-electron chi connectivity index (χ4n) is 1.48. The Morgan fingerprint density at radius 2 is 2.06 bits per heavy atom. The number of rotatable bonds is 3. The smallest absolute Gasteiger partial charge is 0.330 e. The third-order valence-electron chi connectivity index (χ3n) is 2.19. The van der Waals surface area contributed by atoms with E-state index in [1.807, 2.05) is 0 Å². The molecule has 0 spiro atoms. The number of hydrogen-bond acceptors (Lipinski definition) is 3. The van der Waals surface area contributed by atoms with Gasteiger partial charge < -0.3 is 5.73 Å². The molecule has 2 rings (SSSR count). The normalized spacial score (nSPS) is 10.6. The Hall–Kier alpha value is -1.95. The van der Waals surface area contributed by atoms with Crippen molar-refractivity contribution < 1.29 is 4.39 Å². The van der Waals surface area contributed by atoms with E-state index in [0.29, 0.717) is 24.5 Å². The van der Waals surface area contributed by atoms with Gasteiger partial charge in [-0.05, 0) is 30.8 Å². The first-order chi connectivity index (χ1) is 7.72. The van der Waals surface area contributed by atoms with Gasteiger partial charge in [-0.25, -0.2) is 18.9 Å². The summed E-state index contributed by atoms with van der Waals surface area (Å²) >= 11 is 0. The van der Waals surface area contributed by atoms with Gasteiger partial charge in [0, 0.05) is 6.42 Å². The van der Waals surface area contributed by atoms with Crippen molar-refractivity contribution in [1.29, 1.82) is 0 Å². The van der Waals surface area contributed by atoms with E-state index in [4.69, 9.17) is 5.73 Å². The molecule has 0 atom stereocenters. The van der Waals surface area contributed by atoms with Crippen molar-refractivity contribution in [2.24, 2.45) is 5.73 Å². The summed E-state index contributed by atoms with van der Waals surface area (Å²) in [6.07, 6.45) is 0.482. The Bertz CT molecular complexity index is 528. The van der Waals surface area contributed by atoms with Crippen LogP contribution in [0.4, 0.5) is 4.39 Å². The molecule has 0 fully saturated rings. The number of nitrogens with two attached hydrogens (primary N) is 1. The van der Waals surface area contributed by atoms with Crippen LogP contribution in [0.3, 0.4) is 0 Å². The summed E-state index contributed by atoms with van der Waals surface area (Å²) in [6.45, 7) is 0.394. The molecule has 3 N–H and O–H groups in total. The van der Waals surface area contributed by atoms with Crippen molar-refractivity contribution in [3.05, 3.63) is 46.4 Å². The van der Waals surface area contributed by atoms with Crippen LogP contribution in [-0.4, -0.2) is 21.3 Å². The van der Waals surface area contributed by atoms with Crippen LogP contribution in [0.1, 0.15) is 5.82 Å². The SMILES string of the molecule is NCCc1n[nH]c(=O)n1-c1ccc(F)cc1. The molecule has 2 aromatic rings. The topological polar surface area (TPSA) is 76.7 Å². The largest absolute Gasteiger partial charge is 0.347 e. The maximum Gasteiger partial charge on any atom is 0.347 e. The third-order valence-corrected chi connectivity index (χ3v) is 2.19. The molecule has 5 nitrogen and oxygen atoms in total. The Kier molecular flexibility index (Phi) is 2.82. The summed E-state index contributed by atoms with van der Waals surface area (Å²) in [5.41, 5.74) is 5.63. The Balaban J connectivity index is 2.50. The summed E-state index contributed by atoms with van der Waals surface area (Å²) in [6, 6.07) is 5.63. The van der Waals surface area contributed by atoms with Crippen LogP contribution in [0.5, 0.6) is 0 Å². The Morgan fingerprint density at radius 3 is 2.69 bits per heavy atom. The van der Waals surface area contributed by atoms with Gasteiger partial charge >= 0.3 is 5.69 Å². The van der Waals surface area contributed by atoms with Crippen molar-refractivity contribution in [3.63, 3.8) is 0 Å². The fourth-order valence-corrected chi connectivity index (χ4v) is 1.48. The molecule has 0 saturated heterocycles. The van der Waals surface area contributed by atoms with Crippen molar-refractivity contribution in [2.75, 3.05) is 6.54 Å². The summed E-state index contributed by atoms with van der Waals surface area (Å²) in [4.78, 5) is 11.5. The second-order valence-corrected chi connectivity index (χ2v) is 3.30. The van der Waals surface area contributed by atoms with Gasteiger partial charge in [0.25, 0.3) is 0 Å². The van der Waals surface area contributed by atoms with E-state index in [1.165, 1.54) is 28.8 Å². The zero-order valence-corrected chi connectivity index (χ0v) is 8.48. The van der Waals surface area contributed by atoms with E-state index in [2.05, 4.69) is 10.2 Å². The lowest BCUT2D eigenvalue weighted by molar-refractivity contribution is 0.627. The standard InChI is InChI=1S/C10H11FN4O/c11-7-1-3-8(4-2-7)15-9(5-6-12)13-14-10(15)16/h1-4H,5-6,12H2,(H,14,16). The van der Waals surface area contributed by atoms with Gasteiger partial charge in [0.05, 0.1) is 5.69 Å². The highest BCUT2D eigenvalue weighted by Crippen LogP contribution is 2.08. The average molecular weight is 222 g/mol. The first-order valence-electron chi connectivity index (χ1n) is 4.84. The Morgan fingerprint density at radius 1 is 1.38 bits per heavy atom. The molecule has 6 heteroatoms. The van der Waals surface area contributed by atoms with E-state index in [0.717, 1.165) is 0 Å². The summed E-state index contributed by atoms with van der Waals surface area (Å²) < 4.78 is 14.1. The number of aromatic amines is 1. The highest BCUT2D eigenvalue weighted by atomic mass is 19.1. The first kappa shape index (κ1) is 10.6. The van der Waals surface area contributed by atoms with E-state index >= 15 is 0 Å². The summed E-state index contributed by atoms with van der Waals surface area (Å²) in [5, 5.41) is 6.20. The summed E-state index contributed by atoms with van der Waals surface area (Å²) in [5.74, 6) is 0.194. The third kappa shape index (κ3) is 1.87. The van der Waals surface area contributed by atoms with Crippen LogP contribution in [0, 0.1) is 5.82 Å². The lowest BCUT2D eigenvalue weighted by Crippen LogP contribution is -2.18. The molecule has 0 aliphatic rings. The van der Waals surface area contributed by atoms with Crippen LogP contribution in [0.25, 0.3) is 5.69 Å². The Labute approximate surface area is 90.7 Å². The average Bonchev–Trinajstić information content (AvgIpc) is 2.62. The van der Waals surface area contributed by atoms with Crippen molar-refractivity contribution in [3.8, 4) is 5.69 Å². The molecular weight excluding hydrogens is 211 g/mol. The van der Waals surface area contributed by atoms with Crippen molar-refractivity contribution in [2.45, 2.75) is 6.42 Å². The van der Waals surface area contributed by atoms with Crippen LogP contribution in [-0.2, 0) is 6.42 Å². The molecule has 16 heavy (non-hydrogen) atoms. The summed E-state index contributed by atoms with van der Waals surface area (Å²) in [7, 11) is 0. The molecule has 84 valence electrons. The van der Waals surface area contributed by atoms with Gasteiger partial charge in [-0.2, -0.15) is 5.10 Å². The lowest BCUT2D eigenvalue weighted by Gasteiger charge is -2.04. The van der Waals surface area contributed by atoms with E-state index < -0.39 is 0 Å². The van der Waals surface area contributed by atoms with E-state index in [9.17, 15) is 9.18 Å². The van der Waals surface area contributed by atoms with Crippen LogP contribution in [0.2, 0.25) is 0 Å². The highest BCUT2D eigenvalue weighted by molar-refractivity contribution is 5.32. The molecule has 1 aromatic carbocycles. The number of nitrogens with zero attached hydrogens (tertiary/aromatic N) is 2. The molecule has 1 heterocycles. The second kappa shape index (κ2) is 4.28. The molecule has 0 bridgehead atoms.